The minimum atomic E-state index is 0.297. The van der Waals surface area contributed by atoms with Crippen LogP contribution in [0.15, 0.2) is 24.5 Å². The standard InChI is InChI=1S/C14H17N3OS/c1-10-14(18-12-5-7-17(2)9-12)19-13(16-10)11-4-3-6-15-8-11/h3-4,6,8,12H,5,7,9H2,1-2H3. The molecule has 2 aromatic rings. The summed E-state index contributed by atoms with van der Waals surface area (Å²) in [5, 5.41) is 1.92. The third kappa shape index (κ3) is 2.77. The molecule has 100 valence electrons. The van der Waals surface area contributed by atoms with Gasteiger partial charge in [0.25, 0.3) is 0 Å². The first-order valence-electron chi connectivity index (χ1n) is 6.45. The second kappa shape index (κ2) is 5.27. The van der Waals surface area contributed by atoms with E-state index in [1.54, 1.807) is 17.5 Å². The summed E-state index contributed by atoms with van der Waals surface area (Å²) >= 11 is 1.61. The number of rotatable bonds is 3. The van der Waals surface area contributed by atoms with Gasteiger partial charge in [-0.25, -0.2) is 4.98 Å². The van der Waals surface area contributed by atoms with E-state index in [0.29, 0.717) is 6.10 Å². The van der Waals surface area contributed by atoms with E-state index < -0.39 is 0 Å². The summed E-state index contributed by atoms with van der Waals surface area (Å²) in [5.41, 5.74) is 2.02. The van der Waals surface area contributed by atoms with Crippen LogP contribution < -0.4 is 4.74 Å². The summed E-state index contributed by atoms with van der Waals surface area (Å²) in [6.45, 7) is 4.11. The first-order valence-corrected chi connectivity index (χ1v) is 7.27. The van der Waals surface area contributed by atoms with Gasteiger partial charge in [0, 0.05) is 31.0 Å². The van der Waals surface area contributed by atoms with Crippen molar-refractivity contribution in [1.29, 1.82) is 0 Å². The van der Waals surface area contributed by atoms with Crippen LogP contribution in [0.25, 0.3) is 10.6 Å². The van der Waals surface area contributed by atoms with Gasteiger partial charge in [0.2, 0.25) is 0 Å². The van der Waals surface area contributed by atoms with Crippen molar-refractivity contribution in [3.8, 4) is 15.6 Å². The molecule has 19 heavy (non-hydrogen) atoms. The number of hydrogen-bond donors (Lipinski definition) is 0. The number of likely N-dealkylation sites (N-methyl/N-ethyl adjacent to an activating group) is 1. The van der Waals surface area contributed by atoms with Gasteiger partial charge >= 0.3 is 0 Å². The highest BCUT2D eigenvalue weighted by atomic mass is 32.1. The molecular formula is C14H17N3OS. The third-order valence-corrected chi connectivity index (χ3v) is 4.38. The summed E-state index contributed by atoms with van der Waals surface area (Å²) in [6, 6.07) is 3.96. The predicted octanol–water partition coefficient (Wildman–Crippen LogP) is 2.60. The number of nitrogens with zero attached hydrogens (tertiary/aromatic N) is 3. The highest BCUT2D eigenvalue weighted by molar-refractivity contribution is 7.17. The van der Waals surface area contributed by atoms with Gasteiger partial charge in [0.15, 0.2) is 5.06 Å². The monoisotopic (exact) mass is 275 g/mol. The lowest BCUT2D eigenvalue weighted by Gasteiger charge is -2.11. The molecule has 3 rings (SSSR count). The van der Waals surface area contributed by atoms with Gasteiger partial charge < -0.3 is 9.64 Å². The molecule has 1 aliphatic heterocycles. The van der Waals surface area contributed by atoms with E-state index >= 15 is 0 Å². The Morgan fingerprint density at radius 2 is 2.37 bits per heavy atom. The molecule has 0 amide bonds. The molecule has 1 fully saturated rings. The summed E-state index contributed by atoms with van der Waals surface area (Å²) in [7, 11) is 2.13. The SMILES string of the molecule is Cc1nc(-c2cccnc2)sc1OC1CCN(C)C1. The number of aryl methyl sites for hydroxylation is 1. The fourth-order valence-corrected chi connectivity index (χ4v) is 3.22. The van der Waals surface area contributed by atoms with Crippen LogP contribution in [0, 0.1) is 6.92 Å². The Labute approximate surface area is 117 Å². The molecule has 0 spiro atoms. The fourth-order valence-electron chi connectivity index (χ4n) is 2.25. The van der Waals surface area contributed by atoms with E-state index in [1.807, 2.05) is 25.3 Å². The highest BCUT2D eigenvalue weighted by Crippen LogP contribution is 2.34. The van der Waals surface area contributed by atoms with Crippen molar-refractivity contribution < 1.29 is 4.74 Å². The number of likely N-dealkylation sites (tertiary alicyclic amines) is 1. The zero-order chi connectivity index (χ0) is 13.2. The smallest absolute Gasteiger partial charge is 0.197 e. The summed E-state index contributed by atoms with van der Waals surface area (Å²) in [5.74, 6) is 0. The largest absolute Gasteiger partial charge is 0.478 e. The third-order valence-electron chi connectivity index (χ3n) is 3.28. The van der Waals surface area contributed by atoms with Crippen molar-refractivity contribution in [2.75, 3.05) is 20.1 Å². The van der Waals surface area contributed by atoms with Crippen molar-refractivity contribution in [2.45, 2.75) is 19.4 Å². The lowest BCUT2D eigenvalue weighted by molar-refractivity contribution is 0.213. The molecule has 1 aliphatic rings. The average Bonchev–Trinajstić information content (AvgIpc) is 2.98. The van der Waals surface area contributed by atoms with Crippen LogP contribution in [0.4, 0.5) is 0 Å². The Hall–Kier alpha value is -1.46. The molecule has 5 heteroatoms. The summed E-state index contributed by atoms with van der Waals surface area (Å²) in [4.78, 5) is 11.0. The van der Waals surface area contributed by atoms with Crippen LogP contribution in [0.2, 0.25) is 0 Å². The molecule has 2 aromatic heterocycles. The van der Waals surface area contributed by atoms with Crippen LogP contribution in [0.3, 0.4) is 0 Å². The number of ether oxygens (including phenoxy) is 1. The maximum atomic E-state index is 6.07. The molecule has 1 unspecified atom stereocenters. The molecule has 0 aliphatic carbocycles. The van der Waals surface area contributed by atoms with Crippen molar-refractivity contribution in [2.24, 2.45) is 0 Å². The number of aromatic nitrogens is 2. The predicted molar refractivity (Wildman–Crippen MR) is 76.6 cm³/mol. The zero-order valence-electron chi connectivity index (χ0n) is 11.2. The molecule has 0 saturated carbocycles. The summed E-state index contributed by atoms with van der Waals surface area (Å²) in [6.07, 6.45) is 5.00. The van der Waals surface area contributed by atoms with E-state index in [2.05, 4.69) is 21.9 Å². The van der Waals surface area contributed by atoms with E-state index in [4.69, 9.17) is 4.74 Å². The molecule has 3 heterocycles. The van der Waals surface area contributed by atoms with E-state index in [1.165, 1.54) is 0 Å². The van der Waals surface area contributed by atoms with Gasteiger partial charge in [-0.1, -0.05) is 11.3 Å². The van der Waals surface area contributed by atoms with Crippen molar-refractivity contribution >= 4 is 11.3 Å². The Morgan fingerprint density at radius 1 is 1.47 bits per heavy atom. The zero-order valence-corrected chi connectivity index (χ0v) is 12.0. The van der Waals surface area contributed by atoms with Crippen LogP contribution in [0.1, 0.15) is 12.1 Å². The Balaban J connectivity index is 1.78. The van der Waals surface area contributed by atoms with Crippen molar-refractivity contribution in [3.63, 3.8) is 0 Å². The topological polar surface area (TPSA) is 38.3 Å². The minimum Gasteiger partial charge on any atom is -0.478 e. The fraction of sp³-hybridized carbons (Fsp3) is 0.429. The number of pyridine rings is 1. The van der Waals surface area contributed by atoms with Gasteiger partial charge in [-0.15, -0.1) is 0 Å². The van der Waals surface area contributed by atoms with Crippen LogP contribution in [-0.4, -0.2) is 41.1 Å². The van der Waals surface area contributed by atoms with Crippen molar-refractivity contribution in [3.05, 3.63) is 30.2 Å². The molecule has 0 aromatic carbocycles. The maximum Gasteiger partial charge on any atom is 0.197 e. The molecular weight excluding hydrogens is 258 g/mol. The first kappa shape index (κ1) is 12.6. The molecule has 0 radical (unpaired) electrons. The number of thiazole rings is 1. The van der Waals surface area contributed by atoms with Crippen LogP contribution in [-0.2, 0) is 0 Å². The van der Waals surface area contributed by atoms with Crippen molar-refractivity contribution in [1.82, 2.24) is 14.9 Å². The Kier molecular flexibility index (Phi) is 3.48. The minimum absolute atomic E-state index is 0.297. The Bertz CT molecular complexity index is 555. The van der Waals surface area contributed by atoms with Gasteiger partial charge in [0.1, 0.15) is 11.1 Å². The molecule has 4 nitrogen and oxygen atoms in total. The lowest BCUT2D eigenvalue weighted by Crippen LogP contribution is -2.21. The van der Waals surface area contributed by atoms with Gasteiger partial charge in [-0.05, 0) is 32.5 Å². The van der Waals surface area contributed by atoms with Gasteiger partial charge in [0.05, 0.1) is 5.69 Å². The molecule has 1 saturated heterocycles. The van der Waals surface area contributed by atoms with Gasteiger partial charge in [-0.3, -0.25) is 4.98 Å². The van der Waals surface area contributed by atoms with Gasteiger partial charge in [-0.2, -0.15) is 0 Å². The van der Waals surface area contributed by atoms with Crippen LogP contribution >= 0.6 is 11.3 Å². The Morgan fingerprint density at radius 3 is 3.05 bits per heavy atom. The second-order valence-corrected chi connectivity index (χ2v) is 5.89. The summed E-state index contributed by atoms with van der Waals surface area (Å²) < 4.78 is 6.07. The normalized spacial score (nSPS) is 19.8. The average molecular weight is 275 g/mol. The first-order chi connectivity index (χ1) is 9.22. The maximum absolute atomic E-state index is 6.07. The second-order valence-electron chi connectivity index (χ2n) is 4.92. The van der Waals surface area contributed by atoms with E-state index in [9.17, 15) is 0 Å². The molecule has 0 bridgehead atoms. The molecule has 0 N–H and O–H groups in total. The van der Waals surface area contributed by atoms with E-state index in [0.717, 1.165) is 40.8 Å². The molecule has 1 atom stereocenters. The lowest BCUT2D eigenvalue weighted by atomic mass is 10.3. The van der Waals surface area contributed by atoms with Crippen LogP contribution in [0.5, 0.6) is 5.06 Å². The van der Waals surface area contributed by atoms with E-state index in [-0.39, 0.29) is 0 Å². The highest BCUT2D eigenvalue weighted by Gasteiger charge is 2.23. The quantitative estimate of drug-likeness (QED) is 0.863. The number of hydrogen-bond acceptors (Lipinski definition) is 5.